The molecule has 120 valence electrons. The van der Waals surface area contributed by atoms with Crippen molar-refractivity contribution in [2.24, 2.45) is 0 Å². The number of ether oxygens (including phenoxy) is 1. The van der Waals surface area contributed by atoms with Gasteiger partial charge in [0.15, 0.2) is 5.54 Å². The third kappa shape index (κ3) is 4.83. The van der Waals surface area contributed by atoms with Crippen LogP contribution in [0.5, 0.6) is 0 Å². The average molecular weight is 324 g/mol. The van der Waals surface area contributed by atoms with E-state index >= 15 is 0 Å². The van der Waals surface area contributed by atoms with Crippen molar-refractivity contribution in [2.45, 2.75) is 31.7 Å². The molecule has 0 heterocycles. The SMILES string of the molecule is COC(=O)C(C)(NS(=O)(=O)CCCCC#N)c1ccccc1. The Balaban J connectivity index is 2.96. The zero-order valence-corrected chi connectivity index (χ0v) is 13.5. The van der Waals surface area contributed by atoms with Crippen LogP contribution in [-0.2, 0) is 25.1 Å². The Hall–Kier alpha value is -1.91. The molecule has 0 aliphatic heterocycles. The largest absolute Gasteiger partial charge is 0.467 e. The summed E-state index contributed by atoms with van der Waals surface area (Å²) >= 11 is 0. The van der Waals surface area contributed by atoms with Gasteiger partial charge in [-0.25, -0.2) is 13.2 Å². The first kappa shape index (κ1) is 18.1. The summed E-state index contributed by atoms with van der Waals surface area (Å²) in [5, 5.41) is 8.46. The van der Waals surface area contributed by atoms with E-state index < -0.39 is 21.5 Å². The number of rotatable bonds is 8. The molecular formula is C15H20N2O4S. The van der Waals surface area contributed by atoms with Gasteiger partial charge in [0, 0.05) is 6.42 Å². The van der Waals surface area contributed by atoms with E-state index in [1.54, 1.807) is 30.3 Å². The van der Waals surface area contributed by atoms with E-state index in [1.807, 2.05) is 6.07 Å². The zero-order valence-electron chi connectivity index (χ0n) is 12.7. The molecule has 0 saturated heterocycles. The Morgan fingerprint density at radius 2 is 1.95 bits per heavy atom. The van der Waals surface area contributed by atoms with E-state index in [1.165, 1.54) is 14.0 Å². The molecule has 6 nitrogen and oxygen atoms in total. The van der Waals surface area contributed by atoms with Crippen LogP contribution in [0.4, 0.5) is 0 Å². The molecule has 0 spiro atoms. The molecule has 0 fully saturated rings. The fraction of sp³-hybridized carbons (Fsp3) is 0.467. The normalized spacial score (nSPS) is 13.9. The molecule has 1 unspecified atom stereocenters. The van der Waals surface area contributed by atoms with Gasteiger partial charge in [-0.1, -0.05) is 30.3 Å². The maximum absolute atomic E-state index is 12.2. The first-order valence-electron chi connectivity index (χ1n) is 6.88. The molecule has 0 saturated carbocycles. The Morgan fingerprint density at radius 1 is 1.32 bits per heavy atom. The molecule has 0 amide bonds. The van der Waals surface area contributed by atoms with Gasteiger partial charge in [-0.05, 0) is 25.3 Å². The van der Waals surface area contributed by atoms with E-state index in [4.69, 9.17) is 10.00 Å². The van der Waals surface area contributed by atoms with Gasteiger partial charge in [-0.3, -0.25) is 0 Å². The highest BCUT2D eigenvalue weighted by Crippen LogP contribution is 2.23. The van der Waals surface area contributed by atoms with Crippen LogP contribution in [0.2, 0.25) is 0 Å². The van der Waals surface area contributed by atoms with Crippen LogP contribution >= 0.6 is 0 Å². The third-order valence-electron chi connectivity index (χ3n) is 3.26. The minimum Gasteiger partial charge on any atom is -0.467 e. The molecule has 0 aliphatic rings. The summed E-state index contributed by atoms with van der Waals surface area (Å²) < 4.78 is 31.6. The number of esters is 1. The Bertz CT molecular complexity index is 637. The second-order valence-corrected chi connectivity index (χ2v) is 6.86. The predicted molar refractivity (Wildman–Crippen MR) is 82.2 cm³/mol. The number of nitrogens with zero attached hydrogens (tertiary/aromatic N) is 1. The fourth-order valence-electron chi connectivity index (χ4n) is 2.05. The van der Waals surface area contributed by atoms with Gasteiger partial charge in [-0.15, -0.1) is 0 Å². The summed E-state index contributed by atoms with van der Waals surface area (Å²) in [5.41, 5.74) is -0.980. The van der Waals surface area contributed by atoms with E-state index in [0.29, 0.717) is 24.8 Å². The lowest BCUT2D eigenvalue weighted by atomic mass is 9.93. The molecule has 0 radical (unpaired) electrons. The lowest BCUT2D eigenvalue weighted by molar-refractivity contribution is -0.147. The number of benzene rings is 1. The van der Waals surface area contributed by atoms with Gasteiger partial charge >= 0.3 is 5.97 Å². The Labute approximate surface area is 131 Å². The van der Waals surface area contributed by atoms with Crippen molar-refractivity contribution in [3.05, 3.63) is 35.9 Å². The smallest absolute Gasteiger partial charge is 0.331 e. The highest BCUT2D eigenvalue weighted by Gasteiger charge is 2.39. The predicted octanol–water partition coefficient (Wildman–Crippen LogP) is 1.69. The maximum atomic E-state index is 12.2. The summed E-state index contributed by atoms with van der Waals surface area (Å²) in [7, 11) is -2.47. The van der Waals surface area contributed by atoms with Crippen LogP contribution in [0.3, 0.4) is 0 Å². The van der Waals surface area contributed by atoms with Gasteiger partial charge in [0.1, 0.15) is 0 Å². The van der Waals surface area contributed by atoms with Gasteiger partial charge < -0.3 is 4.74 Å². The molecule has 1 atom stereocenters. The number of nitrogens with one attached hydrogen (secondary N) is 1. The summed E-state index contributed by atoms with van der Waals surface area (Å²) in [6.07, 6.45) is 1.16. The number of hydrogen-bond acceptors (Lipinski definition) is 5. The van der Waals surface area contributed by atoms with Crippen molar-refractivity contribution >= 4 is 16.0 Å². The number of unbranched alkanes of at least 4 members (excludes halogenated alkanes) is 2. The number of nitriles is 1. The van der Waals surface area contributed by atoms with E-state index in [-0.39, 0.29) is 5.75 Å². The highest BCUT2D eigenvalue weighted by atomic mass is 32.2. The van der Waals surface area contributed by atoms with E-state index in [2.05, 4.69) is 4.72 Å². The van der Waals surface area contributed by atoms with Gasteiger partial charge in [0.05, 0.1) is 18.9 Å². The third-order valence-corrected chi connectivity index (χ3v) is 4.80. The molecule has 0 bridgehead atoms. The van der Waals surface area contributed by atoms with Gasteiger partial charge in [-0.2, -0.15) is 9.98 Å². The van der Waals surface area contributed by atoms with Crippen molar-refractivity contribution in [2.75, 3.05) is 12.9 Å². The lowest BCUT2D eigenvalue weighted by Gasteiger charge is -2.28. The summed E-state index contributed by atoms with van der Waals surface area (Å²) in [4.78, 5) is 12.1. The van der Waals surface area contributed by atoms with Crippen LogP contribution in [-0.4, -0.2) is 27.2 Å². The van der Waals surface area contributed by atoms with Crippen molar-refractivity contribution in [1.82, 2.24) is 4.72 Å². The minimum absolute atomic E-state index is 0.145. The number of carbonyl (C=O) groups excluding carboxylic acids is 1. The van der Waals surface area contributed by atoms with Gasteiger partial charge in [0.25, 0.3) is 0 Å². The van der Waals surface area contributed by atoms with Crippen LogP contribution in [0, 0.1) is 11.3 Å². The molecule has 22 heavy (non-hydrogen) atoms. The van der Waals surface area contributed by atoms with Crippen molar-refractivity contribution in [1.29, 1.82) is 5.26 Å². The molecule has 1 aromatic rings. The number of hydrogen-bond donors (Lipinski definition) is 1. The molecule has 1 N–H and O–H groups in total. The molecular weight excluding hydrogens is 304 g/mol. The van der Waals surface area contributed by atoms with E-state index in [9.17, 15) is 13.2 Å². The topological polar surface area (TPSA) is 96.3 Å². The van der Waals surface area contributed by atoms with Crippen LogP contribution in [0.15, 0.2) is 30.3 Å². The molecule has 0 aliphatic carbocycles. The van der Waals surface area contributed by atoms with Crippen LogP contribution in [0.1, 0.15) is 31.7 Å². The fourth-order valence-corrected chi connectivity index (χ4v) is 3.56. The molecule has 7 heteroatoms. The second kappa shape index (κ2) is 7.92. The first-order valence-corrected chi connectivity index (χ1v) is 8.53. The minimum atomic E-state index is -3.68. The maximum Gasteiger partial charge on any atom is 0.331 e. The molecule has 1 rings (SSSR count). The molecule has 1 aromatic carbocycles. The Morgan fingerprint density at radius 3 is 2.50 bits per heavy atom. The Kier molecular flexibility index (Phi) is 6.53. The van der Waals surface area contributed by atoms with Crippen molar-refractivity contribution in [3.8, 4) is 6.07 Å². The lowest BCUT2D eigenvalue weighted by Crippen LogP contribution is -2.50. The highest BCUT2D eigenvalue weighted by molar-refractivity contribution is 7.89. The van der Waals surface area contributed by atoms with Crippen LogP contribution < -0.4 is 4.72 Å². The zero-order chi connectivity index (χ0) is 16.6. The van der Waals surface area contributed by atoms with E-state index in [0.717, 1.165) is 0 Å². The first-order chi connectivity index (χ1) is 10.4. The summed E-state index contributed by atoms with van der Waals surface area (Å²) in [6, 6.07) is 10.5. The number of methoxy groups -OCH3 is 1. The van der Waals surface area contributed by atoms with Crippen molar-refractivity contribution < 1.29 is 17.9 Å². The standard InChI is InChI=1S/C15H20N2O4S/c1-15(14(18)21-2,13-9-5-3-6-10-13)17-22(19,20)12-8-4-7-11-16/h3,5-6,9-10,17H,4,7-8,12H2,1-2H3. The van der Waals surface area contributed by atoms with Crippen molar-refractivity contribution in [3.63, 3.8) is 0 Å². The molecule has 0 aromatic heterocycles. The number of carbonyl (C=O) groups is 1. The average Bonchev–Trinajstić information content (AvgIpc) is 2.51. The number of sulfonamides is 1. The monoisotopic (exact) mass is 324 g/mol. The van der Waals surface area contributed by atoms with Crippen LogP contribution in [0.25, 0.3) is 0 Å². The second-order valence-electron chi connectivity index (χ2n) is 5.02. The summed E-state index contributed by atoms with van der Waals surface area (Å²) in [6.45, 7) is 1.47. The summed E-state index contributed by atoms with van der Waals surface area (Å²) in [5.74, 6) is -0.826. The quantitative estimate of drug-likeness (QED) is 0.580. The van der Waals surface area contributed by atoms with Gasteiger partial charge in [0.2, 0.25) is 10.0 Å².